The summed E-state index contributed by atoms with van der Waals surface area (Å²) in [5.74, 6) is 0. The van der Waals surface area contributed by atoms with E-state index in [0.717, 1.165) is 24.4 Å². The molecule has 0 bridgehead atoms. The molecule has 0 fully saturated rings. The van der Waals surface area contributed by atoms with E-state index in [1.165, 1.54) is 11.1 Å². The minimum Gasteiger partial charge on any atom is -0.320 e. The van der Waals surface area contributed by atoms with Crippen molar-refractivity contribution in [2.45, 2.75) is 19.8 Å². The normalized spacial score (nSPS) is 10.4. The maximum atomic E-state index is 6.09. The second-order valence-electron chi connectivity index (χ2n) is 3.24. The van der Waals surface area contributed by atoms with Crippen LogP contribution in [0.4, 0.5) is 0 Å². The lowest BCUT2D eigenvalue weighted by Gasteiger charge is -2.07. The first-order valence-electron chi connectivity index (χ1n) is 4.64. The van der Waals surface area contributed by atoms with Crippen LogP contribution in [-0.2, 0) is 6.42 Å². The van der Waals surface area contributed by atoms with E-state index in [1.807, 2.05) is 19.2 Å². The molecule has 13 heavy (non-hydrogen) atoms. The molecule has 0 radical (unpaired) electrons. The van der Waals surface area contributed by atoms with E-state index in [1.54, 1.807) is 0 Å². The average Bonchev–Trinajstić information content (AvgIpc) is 2.10. The highest BCUT2D eigenvalue weighted by Gasteiger charge is 2.02. The first-order chi connectivity index (χ1) is 6.25. The summed E-state index contributed by atoms with van der Waals surface area (Å²) in [6, 6.07) is 6.07. The van der Waals surface area contributed by atoms with Gasteiger partial charge < -0.3 is 5.32 Å². The van der Waals surface area contributed by atoms with Gasteiger partial charge in [0.2, 0.25) is 0 Å². The van der Waals surface area contributed by atoms with Crippen molar-refractivity contribution >= 4 is 11.6 Å². The predicted octanol–water partition coefficient (Wildman–Crippen LogP) is 2.80. The first-order valence-corrected chi connectivity index (χ1v) is 5.02. The zero-order valence-corrected chi connectivity index (χ0v) is 8.99. The fourth-order valence-corrected chi connectivity index (χ4v) is 1.74. The molecule has 0 unspecified atom stereocenters. The minimum atomic E-state index is 0.899. The maximum Gasteiger partial charge on any atom is 0.0440 e. The molecule has 1 aromatic rings. The van der Waals surface area contributed by atoms with E-state index in [0.29, 0.717) is 0 Å². The molecular formula is C11H16ClN. The summed E-state index contributed by atoms with van der Waals surface area (Å²) in [5, 5.41) is 4.03. The Kier molecular flexibility index (Phi) is 4.26. The molecule has 0 spiro atoms. The number of hydrogen-bond donors (Lipinski definition) is 1. The van der Waals surface area contributed by atoms with Gasteiger partial charge in [-0.1, -0.05) is 23.7 Å². The number of benzene rings is 1. The first kappa shape index (κ1) is 10.6. The third-order valence-electron chi connectivity index (χ3n) is 2.21. The van der Waals surface area contributed by atoms with Gasteiger partial charge in [-0.25, -0.2) is 0 Å². The molecule has 0 aliphatic heterocycles. The second-order valence-corrected chi connectivity index (χ2v) is 3.65. The van der Waals surface area contributed by atoms with Crippen LogP contribution in [-0.4, -0.2) is 13.6 Å². The molecule has 0 saturated heterocycles. The fourth-order valence-electron chi connectivity index (χ4n) is 1.42. The second kappa shape index (κ2) is 5.25. The van der Waals surface area contributed by atoms with Crippen molar-refractivity contribution in [2.75, 3.05) is 13.6 Å². The van der Waals surface area contributed by atoms with E-state index in [9.17, 15) is 0 Å². The Balaban J connectivity index is 2.64. The lowest BCUT2D eigenvalue weighted by molar-refractivity contribution is 0.723. The van der Waals surface area contributed by atoms with Gasteiger partial charge in [-0.2, -0.15) is 0 Å². The fraction of sp³-hybridized carbons (Fsp3) is 0.455. The Bertz CT molecular complexity index is 251. The molecule has 0 heterocycles. The molecule has 1 nitrogen and oxygen atoms in total. The summed E-state index contributed by atoms with van der Waals surface area (Å²) >= 11 is 6.09. The number of nitrogens with one attached hydrogen (secondary N) is 1. The molecule has 1 rings (SSSR count). The van der Waals surface area contributed by atoms with Gasteiger partial charge in [0.15, 0.2) is 0 Å². The highest BCUT2D eigenvalue weighted by molar-refractivity contribution is 6.31. The van der Waals surface area contributed by atoms with Gasteiger partial charge in [-0.05, 0) is 50.6 Å². The van der Waals surface area contributed by atoms with Gasteiger partial charge >= 0.3 is 0 Å². The van der Waals surface area contributed by atoms with Crippen molar-refractivity contribution in [1.82, 2.24) is 5.32 Å². The highest BCUT2D eigenvalue weighted by atomic mass is 35.5. The Labute approximate surface area is 85.1 Å². The molecule has 0 aromatic heterocycles. The van der Waals surface area contributed by atoms with Crippen LogP contribution in [0.1, 0.15) is 17.5 Å². The highest BCUT2D eigenvalue weighted by Crippen LogP contribution is 2.20. The summed E-state index contributed by atoms with van der Waals surface area (Å²) in [6.45, 7) is 3.16. The standard InChI is InChI=1S/C11H16ClN/c1-9-5-3-7-11(12)10(9)6-4-8-13-2/h3,5,7,13H,4,6,8H2,1-2H3. The van der Waals surface area contributed by atoms with Crippen LogP contribution >= 0.6 is 11.6 Å². The molecule has 0 aliphatic rings. The maximum absolute atomic E-state index is 6.09. The van der Waals surface area contributed by atoms with Crippen LogP contribution in [0.3, 0.4) is 0 Å². The number of rotatable bonds is 4. The zero-order chi connectivity index (χ0) is 9.68. The van der Waals surface area contributed by atoms with E-state index >= 15 is 0 Å². The van der Waals surface area contributed by atoms with Crippen LogP contribution in [0, 0.1) is 6.92 Å². The Morgan fingerprint density at radius 3 is 2.77 bits per heavy atom. The largest absolute Gasteiger partial charge is 0.320 e. The third kappa shape index (κ3) is 3.02. The van der Waals surface area contributed by atoms with E-state index in [2.05, 4.69) is 18.3 Å². The Morgan fingerprint density at radius 2 is 2.15 bits per heavy atom. The molecule has 1 aromatic carbocycles. The van der Waals surface area contributed by atoms with Crippen LogP contribution in [0.25, 0.3) is 0 Å². The summed E-state index contributed by atoms with van der Waals surface area (Å²) in [4.78, 5) is 0. The van der Waals surface area contributed by atoms with Crippen LogP contribution < -0.4 is 5.32 Å². The summed E-state index contributed by atoms with van der Waals surface area (Å²) in [7, 11) is 1.97. The minimum absolute atomic E-state index is 0.899. The zero-order valence-electron chi connectivity index (χ0n) is 8.23. The quantitative estimate of drug-likeness (QED) is 0.733. The number of halogens is 1. The van der Waals surface area contributed by atoms with E-state index in [4.69, 9.17) is 11.6 Å². The molecule has 0 aliphatic carbocycles. The van der Waals surface area contributed by atoms with Gasteiger partial charge in [-0.3, -0.25) is 0 Å². The van der Waals surface area contributed by atoms with Crippen molar-refractivity contribution in [3.05, 3.63) is 34.3 Å². The van der Waals surface area contributed by atoms with Crippen LogP contribution in [0.2, 0.25) is 5.02 Å². The molecule has 72 valence electrons. The topological polar surface area (TPSA) is 12.0 Å². The van der Waals surface area contributed by atoms with Crippen molar-refractivity contribution in [3.63, 3.8) is 0 Å². The van der Waals surface area contributed by atoms with Gasteiger partial charge in [0.1, 0.15) is 0 Å². The molecule has 0 saturated carbocycles. The summed E-state index contributed by atoms with van der Waals surface area (Å²) in [6.07, 6.45) is 2.20. The van der Waals surface area contributed by atoms with Crippen molar-refractivity contribution in [2.24, 2.45) is 0 Å². The van der Waals surface area contributed by atoms with Crippen molar-refractivity contribution in [1.29, 1.82) is 0 Å². The van der Waals surface area contributed by atoms with E-state index in [-0.39, 0.29) is 0 Å². The Hall–Kier alpha value is -0.530. The van der Waals surface area contributed by atoms with Crippen molar-refractivity contribution < 1.29 is 0 Å². The molecule has 2 heteroatoms. The lowest BCUT2D eigenvalue weighted by Crippen LogP contribution is -2.08. The van der Waals surface area contributed by atoms with E-state index < -0.39 is 0 Å². The third-order valence-corrected chi connectivity index (χ3v) is 2.56. The van der Waals surface area contributed by atoms with Gasteiger partial charge in [0, 0.05) is 5.02 Å². The summed E-state index contributed by atoms with van der Waals surface area (Å²) in [5.41, 5.74) is 2.59. The lowest BCUT2D eigenvalue weighted by atomic mass is 10.0. The molecule has 0 amide bonds. The smallest absolute Gasteiger partial charge is 0.0440 e. The SMILES string of the molecule is CNCCCc1c(C)cccc1Cl. The molecule has 1 N–H and O–H groups in total. The number of hydrogen-bond acceptors (Lipinski definition) is 1. The monoisotopic (exact) mass is 197 g/mol. The Morgan fingerprint density at radius 1 is 1.38 bits per heavy atom. The van der Waals surface area contributed by atoms with Crippen molar-refractivity contribution in [3.8, 4) is 0 Å². The summed E-state index contributed by atoms with van der Waals surface area (Å²) < 4.78 is 0. The predicted molar refractivity (Wildman–Crippen MR) is 58.4 cm³/mol. The van der Waals surface area contributed by atoms with Crippen LogP contribution in [0.5, 0.6) is 0 Å². The van der Waals surface area contributed by atoms with Crippen LogP contribution in [0.15, 0.2) is 18.2 Å². The number of aryl methyl sites for hydroxylation is 1. The average molecular weight is 198 g/mol. The van der Waals surface area contributed by atoms with Gasteiger partial charge in [0.05, 0.1) is 0 Å². The van der Waals surface area contributed by atoms with Gasteiger partial charge in [-0.15, -0.1) is 0 Å². The molecular weight excluding hydrogens is 182 g/mol. The molecule has 0 atom stereocenters. The van der Waals surface area contributed by atoms with Gasteiger partial charge in [0.25, 0.3) is 0 Å².